The fraction of sp³-hybridized carbons (Fsp3) is 0.286. The molecule has 0 fully saturated rings. The Morgan fingerprint density at radius 3 is 2.61 bits per heavy atom. The summed E-state index contributed by atoms with van der Waals surface area (Å²) in [5.74, 6) is 1.72. The van der Waals surface area contributed by atoms with E-state index in [2.05, 4.69) is 35.2 Å². The molecule has 0 amide bonds. The van der Waals surface area contributed by atoms with Gasteiger partial charge in [0.05, 0.1) is 0 Å². The standard InChI is InChI=1S/C14H18N4/c1-9(2)11-6-4-5-7-12(11)18-14-10(3)13(15)16-8-17-14/h4-9H,1-3H3,(H3,15,16,17,18). The fourth-order valence-corrected chi connectivity index (χ4v) is 1.83. The summed E-state index contributed by atoms with van der Waals surface area (Å²) in [4.78, 5) is 8.20. The zero-order chi connectivity index (χ0) is 13.1. The van der Waals surface area contributed by atoms with Gasteiger partial charge in [0.25, 0.3) is 0 Å². The molecule has 0 bridgehead atoms. The molecule has 0 aliphatic rings. The van der Waals surface area contributed by atoms with Crippen LogP contribution in [0.25, 0.3) is 0 Å². The van der Waals surface area contributed by atoms with E-state index in [1.54, 1.807) is 0 Å². The van der Waals surface area contributed by atoms with Gasteiger partial charge in [-0.05, 0) is 24.5 Å². The molecule has 0 radical (unpaired) electrons. The van der Waals surface area contributed by atoms with Gasteiger partial charge in [-0.1, -0.05) is 32.0 Å². The predicted molar refractivity (Wildman–Crippen MR) is 75.0 cm³/mol. The summed E-state index contributed by atoms with van der Waals surface area (Å²) in [7, 11) is 0. The van der Waals surface area contributed by atoms with Gasteiger partial charge in [-0.2, -0.15) is 0 Å². The fourth-order valence-electron chi connectivity index (χ4n) is 1.83. The van der Waals surface area contributed by atoms with E-state index in [1.165, 1.54) is 11.9 Å². The summed E-state index contributed by atoms with van der Waals surface area (Å²) >= 11 is 0. The maximum atomic E-state index is 5.78. The summed E-state index contributed by atoms with van der Waals surface area (Å²) in [5, 5.41) is 3.33. The Labute approximate surface area is 107 Å². The van der Waals surface area contributed by atoms with E-state index < -0.39 is 0 Å². The molecule has 0 saturated heterocycles. The minimum atomic E-state index is 0.452. The SMILES string of the molecule is Cc1c(N)ncnc1Nc1ccccc1C(C)C. The lowest BCUT2D eigenvalue weighted by molar-refractivity contribution is 0.868. The third kappa shape index (κ3) is 2.42. The Kier molecular flexibility index (Phi) is 3.46. The number of nitrogen functional groups attached to an aromatic ring is 1. The zero-order valence-corrected chi connectivity index (χ0v) is 10.9. The van der Waals surface area contributed by atoms with Crippen LogP contribution in [-0.2, 0) is 0 Å². The second-order valence-corrected chi connectivity index (χ2v) is 4.60. The molecule has 3 N–H and O–H groups in total. The molecule has 94 valence electrons. The van der Waals surface area contributed by atoms with Crippen LogP contribution in [0.15, 0.2) is 30.6 Å². The van der Waals surface area contributed by atoms with Crippen molar-refractivity contribution in [3.05, 3.63) is 41.7 Å². The topological polar surface area (TPSA) is 63.8 Å². The average molecular weight is 242 g/mol. The molecule has 2 rings (SSSR count). The average Bonchev–Trinajstić information content (AvgIpc) is 2.35. The molecule has 1 heterocycles. The molecule has 0 aliphatic heterocycles. The van der Waals surface area contributed by atoms with Gasteiger partial charge in [0.1, 0.15) is 18.0 Å². The molecule has 2 aromatic rings. The van der Waals surface area contributed by atoms with Crippen LogP contribution in [0.3, 0.4) is 0 Å². The van der Waals surface area contributed by atoms with Gasteiger partial charge in [0.15, 0.2) is 0 Å². The highest BCUT2D eigenvalue weighted by Crippen LogP contribution is 2.27. The molecule has 0 atom stereocenters. The van der Waals surface area contributed by atoms with E-state index in [0.29, 0.717) is 11.7 Å². The van der Waals surface area contributed by atoms with Crippen molar-refractivity contribution in [3.8, 4) is 0 Å². The molecular weight excluding hydrogens is 224 g/mol. The molecule has 0 saturated carbocycles. The number of nitrogens with one attached hydrogen (secondary N) is 1. The highest BCUT2D eigenvalue weighted by molar-refractivity contribution is 5.66. The largest absolute Gasteiger partial charge is 0.383 e. The number of para-hydroxylation sites is 1. The van der Waals surface area contributed by atoms with Crippen molar-refractivity contribution in [2.24, 2.45) is 0 Å². The highest BCUT2D eigenvalue weighted by atomic mass is 15.0. The summed E-state index contributed by atoms with van der Waals surface area (Å²) in [6.07, 6.45) is 1.47. The number of hydrogen-bond donors (Lipinski definition) is 2. The van der Waals surface area contributed by atoms with E-state index in [1.807, 2.05) is 25.1 Å². The van der Waals surface area contributed by atoms with Crippen molar-refractivity contribution in [2.75, 3.05) is 11.1 Å². The number of nitrogens with two attached hydrogens (primary N) is 1. The van der Waals surface area contributed by atoms with Gasteiger partial charge in [-0.3, -0.25) is 0 Å². The minimum absolute atomic E-state index is 0.452. The Morgan fingerprint density at radius 2 is 1.89 bits per heavy atom. The number of anilines is 3. The lowest BCUT2D eigenvalue weighted by Crippen LogP contribution is -2.04. The summed E-state index contributed by atoms with van der Waals surface area (Å²) < 4.78 is 0. The lowest BCUT2D eigenvalue weighted by atomic mass is 10.0. The number of aromatic nitrogens is 2. The number of nitrogens with zero attached hydrogens (tertiary/aromatic N) is 2. The van der Waals surface area contributed by atoms with E-state index >= 15 is 0 Å². The molecule has 18 heavy (non-hydrogen) atoms. The van der Waals surface area contributed by atoms with Gasteiger partial charge >= 0.3 is 0 Å². The van der Waals surface area contributed by atoms with Crippen LogP contribution >= 0.6 is 0 Å². The number of benzene rings is 1. The first-order valence-corrected chi connectivity index (χ1v) is 6.02. The smallest absolute Gasteiger partial charge is 0.138 e. The van der Waals surface area contributed by atoms with Gasteiger partial charge < -0.3 is 11.1 Å². The molecular formula is C14H18N4. The van der Waals surface area contributed by atoms with Crippen LogP contribution < -0.4 is 11.1 Å². The van der Waals surface area contributed by atoms with E-state index in [0.717, 1.165) is 17.1 Å². The molecule has 0 aliphatic carbocycles. The second kappa shape index (κ2) is 5.04. The van der Waals surface area contributed by atoms with Crippen LogP contribution in [0.4, 0.5) is 17.3 Å². The van der Waals surface area contributed by atoms with E-state index in [9.17, 15) is 0 Å². The van der Waals surface area contributed by atoms with E-state index in [4.69, 9.17) is 5.73 Å². The first-order valence-electron chi connectivity index (χ1n) is 6.02. The van der Waals surface area contributed by atoms with Crippen LogP contribution in [0.2, 0.25) is 0 Å². The summed E-state index contributed by atoms with van der Waals surface area (Å²) in [6, 6.07) is 8.22. The van der Waals surface area contributed by atoms with Crippen molar-refractivity contribution < 1.29 is 0 Å². The van der Waals surface area contributed by atoms with Crippen LogP contribution in [0.1, 0.15) is 30.9 Å². The third-order valence-electron chi connectivity index (χ3n) is 2.96. The number of hydrogen-bond acceptors (Lipinski definition) is 4. The van der Waals surface area contributed by atoms with Crippen molar-refractivity contribution >= 4 is 17.3 Å². The third-order valence-corrected chi connectivity index (χ3v) is 2.96. The van der Waals surface area contributed by atoms with Crippen LogP contribution in [-0.4, -0.2) is 9.97 Å². The van der Waals surface area contributed by atoms with Crippen molar-refractivity contribution in [3.63, 3.8) is 0 Å². The minimum Gasteiger partial charge on any atom is -0.383 e. The number of rotatable bonds is 3. The van der Waals surface area contributed by atoms with Gasteiger partial charge in [0.2, 0.25) is 0 Å². The Hall–Kier alpha value is -2.10. The maximum Gasteiger partial charge on any atom is 0.138 e. The second-order valence-electron chi connectivity index (χ2n) is 4.60. The maximum absolute atomic E-state index is 5.78. The molecule has 1 aromatic heterocycles. The molecule has 1 aromatic carbocycles. The normalized spacial score (nSPS) is 10.7. The van der Waals surface area contributed by atoms with Gasteiger partial charge in [-0.25, -0.2) is 9.97 Å². The van der Waals surface area contributed by atoms with Crippen LogP contribution in [0.5, 0.6) is 0 Å². The molecule has 4 heteroatoms. The van der Waals surface area contributed by atoms with Crippen molar-refractivity contribution in [1.82, 2.24) is 9.97 Å². The van der Waals surface area contributed by atoms with E-state index in [-0.39, 0.29) is 0 Å². The predicted octanol–water partition coefficient (Wildman–Crippen LogP) is 3.23. The molecule has 4 nitrogen and oxygen atoms in total. The zero-order valence-electron chi connectivity index (χ0n) is 10.9. The summed E-state index contributed by atoms with van der Waals surface area (Å²) in [5.41, 5.74) is 8.97. The van der Waals surface area contributed by atoms with Crippen LogP contribution in [0, 0.1) is 6.92 Å². The van der Waals surface area contributed by atoms with Gasteiger partial charge in [0, 0.05) is 11.3 Å². The van der Waals surface area contributed by atoms with Crippen molar-refractivity contribution in [2.45, 2.75) is 26.7 Å². The first kappa shape index (κ1) is 12.4. The lowest BCUT2D eigenvalue weighted by Gasteiger charge is -2.15. The Bertz CT molecular complexity index is 549. The quantitative estimate of drug-likeness (QED) is 0.867. The summed E-state index contributed by atoms with van der Waals surface area (Å²) in [6.45, 7) is 6.25. The Morgan fingerprint density at radius 1 is 1.17 bits per heavy atom. The molecule has 0 unspecified atom stereocenters. The highest BCUT2D eigenvalue weighted by Gasteiger charge is 2.09. The molecule has 0 spiro atoms. The first-order chi connectivity index (χ1) is 8.59. The Balaban J connectivity index is 2.37. The van der Waals surface area contributed by atoms with Crippen molar-refractivity contribution in [1.29, 1.82) is 0 Å². The van der Waals surface area contributed by atoms with Gasteiger partial charge in [-0.15, -0.1) is 0 Å². The monoisotopic (exact) mass is 242 g/mol.